The number of anilines is 2. The number of ether oxygens (including phenoxy) is 1. The lowest BCUT2D eigenvalue weighted by Gasteiger charge is -2.15. The Morgan fingerprint density at radius 3 is 2.53 bits per heavy atom. The van der Waals surface area contributed by atoms with Gasteiger partial charge in [0.15, 0.2) is 0 Å². The number of aromatic nitrogens is 2. The lowest BCUT2D eigenvalue weighted by atomic mass is 10.2. The van der Waals surface area contributed by atoms with Crippen LogP contribution in [0.4, 0.5) is 11.6 Å². The fraction of sp³-hybridized carbons (Fsp3) is 0.667. The van der Waals surface area contributed by atoms with Gasteiger partial charge >= 0.3 is 0 Å². The van der Waals surface area contributed by atoms with Crippen LogP contribution >= 0.6 is 0 Å². The fourth-order valence-electron chi connectivity index (χ4n) is 1.51. The molecule has 0 saturated heterocycles. The molecule has 0 aliphatic carbocycles. The summed E-state index contributed by atoms with van der Waals surface area (Å²) in [5.74, 6) is 7.79. The third-order valence-corrected chi connectivity index (χ3v) is 2.59. The average molecular weight is 269 g/mol. The summed E-state index contributed by atoms with van der Waals surface area (Å²) in [6.45, 7) is 7.45. The van der Waals surface area contributed by atoms with Gasteiger partial charge in [-0.1, -0.05) is 13.8 Å². The zero-order chi connectivity index (χ0) is 14.3. The van der Waals surface area contributed by atoms with Crippen molar-refractivity contribution in [2.75, 3.05) is 37.1 Å². The van der Waals surface area contributed by atoms with E-state index < -0.39 is 0 Å². The minimum absolute atomic E-state index is 0.0330. The SMILES string of the molecule is Cc1c(NN)nc(C(C)C)nc1NCCOCCO. The van der Waals surface area contributed by atoms with Crippen molar-refractivity contribution in [2.24, 2.45) is 5.84 Å². The van der Waals surface area contributed by atoms with Gasteiger partial charge in [0.2, 0.25) is 0 Å². The van der Waals surface area contributed by atoms with Crippen molar-refractivity contribution in [3.05, 3.63) is 11.4 Å². The molecule has 1 rings (SSSR count). The number of nitrogens with one attached hydrogen (secondary N) is 2. The molecule has 19 heavy (non-hydrogen) atoms. The molecular weight excluding hydrogens is 246 g/mol. The summed E-state index contributed by atoms with van der Waals surface area (Å²) in [5, 5.41) is 11.8. The van der Waals surface area contributed by atoms with Gasteiger partial charge in [0.25, 0.3) is 0 Å². The highest BCUT2D eigenvalue weighted by molar-refractivity contribution is 5.56. The number of hydrazine groups is 1. The molecule has 7 nitrogen and oxygen atoms in total. The maximum Gasteiger partial charge on any atom is 0.148 e. The van der Waals surface area contributed by atoms with Crippen LogP contribution in [0.25, 0.3) is 0 Å². The van der Waals surface area contributed by atoms with E-state index in [1.807, 2.05) is 20.8 Å². The Bertz CT molecular complexity index is 398. The molecule has 5 N–H and O–H groups in total. The van der Waals surface area contributed by atoms with Crippen LogP contribution < -0.4 is 16.6 Å². The van der Waals surface area contributed by atoms with Crippen molar-refractivity contribution in [1.29, 1.82) is 0 Å². The summed E-state index contributed by atoms with van der Waals surface area (Å²) in [4.78, 5) is 8.83. The Labute approximate surface area is 113 Å². The Balaban J connectivity index is 2.72. The molecule has 0 spiro atoms. The predicted octanol–water partition coefficient (Wildman–Crippen LogP) is 0.615. The third kappa shape index (κ3) is 4.62. The van der Waals surface area contributed by atoms with E-state index in [-0.39, 0.29) is 12.5 Å². The number of nitrogens with two attached hydrogens (primary N) is 1. The number of rotatable bonds is 8. The summed E-state index contributed by atoms with van der Waals surface area (Å²) < 4.78 is 5.18. The van der Waals surface area contributed by atoms with Gasteiger partial charge in [0.1, 0.15) is 17.5 Å². The largest absolute Gasteiger partial charge is 0.394 e. The van der Waals surface area contributed by atoms with Gasteiger partial charge in [-0.25, -0.2) is 15.8 Å². The van der Waals surface area contributed by atoms with Gasteiger partial charge < -0.3 is 20.6 Å². The summed E-state index contributed by atoms with van der Waals surface area (Å²) in [7, 11) is 0. The maximum absolute atomic E-state index is 8.60. The molecule has 0 saturated carbocycles. The first-order valence-corrected chi connectivity index (χ1v) is 6.37. The van der Waals surface area contributed by atoms with E-state index in [0.29, 0.717) is 25.6 Å². The first-order valence-electron chi connectivity index (χ1n) is 6.37. The average Bonchev–Trinajstić information content (AvgIpc) is 2.40. The Hall–Kier alpha value is -1.44. The van der Waals surface area contributed by atoms with Crippen LogP contribution in [-0.4, -0.2) is 41.4 Å². The molecule has 0 unspecified atom stereocenters. The van der Waals surface area contributed by atoms with E-state index in [0.717, 1.165) is 17.2 Å². The molecule has 0 aliphatic heterocycles. The second kappa shape index (κ2) is 7.88. The summed E-state index contributed by atoms with van der Waals surface area (Å²) in [5.41, 5.74) is 3.46. The highest BCUT2D eigenvalue weighted by Crippen LogP contribution is 2.22. The van der Waals surface area contributed by atoms with Gasteiger partial charge in [0.05, 0.1) is 19.8 Å². The molecule has 0 aromatic carbocycles. The van der Waals surface area contributed by atoms with Crippen LogP contribution in [0.15, 0.2) is 0 Å². The number of nitrogens with zero attached hydrogens (tertiary/aromatic N) is 2. The smallest absolute Gasteiger partial charge is 0.148 e. The summed E-state index contributed by atoms with van der Waals surface area (Å²) in [6, 6.07) is 0. The third-order valence-electron chi connectivity index (χ3n) is 2.59. The first kappa shape index (κ1) is 15.6. The topological polar surface area (TPSA) is 105 Å². The number of hydrogen-bond donors (Lipinski definition) is 4. The minimum atomic E-state index is 0.0330. The molecule has 0 bridgehead atoms. The number of nitrogen functional groups attached to an aromatic ring is 1. The quantitative estimate of drug-likeness (QED) is 0.311. The van der Waals surface area contributed by atoms with Crippen LogP contribution in [0.5, 0.6) is 0 Å². The summed E-state index contributed by atoms with van der Waals surface area (Å²) >= 11 is 0. The molecule has 1 aromatic heterocycles. The van der Waals surface area contributed by atoms with Gasteiger partial charge in [-0.15, -0.1) is 0 Å². The zero-order valence-corrected chi connectivity index (χ0v) is 11.7. The van der Waals surface area contributed by atoms with Gasteiger partial charge in [-0.3, -0.25) is 0 Å². The number of aliphatic hydroxyl groups excluding tert-OH is 1. The molecule has 7 heteroatoms. The number of hydrogen-bond acceptors (Lipinski definition) is 7. The van der Waals surface area contributed by atoms with Crippen molar-refractivity contribution in [3.63, 3.8) is 0 Å². The molecule has 1 aromatic rings. The lowest BCUT2D eigenvalue weighted by molar-refractivity contribution is 0.0992. The van der Waals surface area contributed by atoms with Gasteiger partial charge in [0, 0.05) is 18.0 Å². The zero-order valence-electron chi connectivity index (χ0n) is 11.7. The second-order valence-electron chi connectivity index (χ2n) is 4.47. The molecule has 0 radical (unpaired) electrons. The van der Waals surface area contributed by atoms with Crippen LogP contribution in [-0.2, 0) is 4.74 Å². The van der Waals surface area contributed by atoms with E-state index in [1.165, 1.54) is 0 Å². The number of aliphatic hydroxyl groups is 1. The fourth-order valence-corrected chi connectivity index (χ4v) is 1.51. The lowest BCUT2D eigenvalue weighted by Crippen LogP contribution is -2.17. The van der Waals surface area contributed by atoms with Crippen LogP contribution in [0.3, 0.4) is 0 Å². The van der Waals surface area contributed by atoms with E-state index in [2.05, 4.69) is 20.7 Å². The van der Waals surface area contributed by atoms with Crippen LogP contribution in [0.2, 0.25) is 0 Å². The van der Waals surface area contributed by atoms with Crippen molar-refractivity contribution in [2.45, 2.75) is 26.7 Å². The van der Waals surface area contributed by atoms with Crippen molar-refractivity contribution < 1.29 is 9.84 Å². The molecule has 0 atom stereocenters. The van der Waals surface area contributed by atoms with Crippen LogP contribution in [0, 0.1) is 6.92 Å². The second-order valence-corrected chi connectivity index (χ2v) is 4.47. The van der Waals surface area contributed by atoms with Crippen LogP contribution in [0.1, 0.15) is 31.2 Å². The standard InChI is InChI=1S/C12H23N5O2/c1-8(2)10-15-11(9(3)12(16-10)17-13)14-4-6-19-7-5-18/h8,18H,4-7,13H2,1-3H3,(H2,14,15,16,17). The molecular formula is C12H23N5O2. The van der Waals surface area contributed by atoms with E-state index in [9.17, 15) is 0 Å². The summed E-state index contributed by atoms with van der Waals surface area (Å²) in [6.07, 6.45) is 0. The van der Waals surface area contributed by atoms with Crippen molar-refractivity contribution in [3.8, 4) is 0 Å². The van der Waals surface area contributed by atoms with E-state index in [1.54, 1.807) is 0 Å². The molecule has 0 amide bonds. The maximum atomic E-state index is 8.60. The first-order chi connectivity index (χ1) is 9.10. The highest BCUT2D eigenvalue weighted by Gasteiger charge is 2.12. The molecule has 0 fully saturated rings. The minimum Gasteiger partial charge on any atom is -0.394 e. The molecule has 1 heterocycles. The van der Waals surface area contributed by atoms with E-state index in [4.69, 9.17) is 15.7 Å². The van der Waals surface area contributed by atoms with E-state index >= 15 is 0 Å². The van der Waals surface area contributed by atoms with Crippen molar-refractivity contribution in [1.82, 2.24) is 9.97 Å². The Morgan fingerprint density at radius 1 is 1.26 bits per heavy atom. The Morgan fingerprint density at radius 2 is 1.95 bits per heavy atom. The monoisotopic (exact) mass is 269 g/mol. The Kier molecular flexibility index (Phi) is 6.48. The normalized spacial score (nSPS) is 10.8. The highest BCUT2D eigenvalue weighted by atomic mass is 16.5. The molecule has 0 aliphatic rings. The predicted molar refractivity (Wildman–Crippen MR) is 75.1 cm³/mol. The van der Waals surface area contributed by atoms with Gasteiger partial charge in [-0.05, 0) is 6.92 Å². The van der Waals surface area contributed by atoms with Gasteiger partial charge in [-0.2, -0.15) is 0 Å². The van der Waals surface area contributed by atoms with Crippen molar-refractivity contribution >= 4 is 11.6 Å². The molecule has 108 valence electrons.